The molecule has 32 heavy (non-hydrogen) atoms. The molecule has 8 heteroatoms. The lowest BCUT2D eigenvalue weighted by Crippen LogP contribution is -2.25. The standard InChI is InChI=1S/C24H27N3O5/c1-25-22(28)16-31-19-12-10-18(15-21(19)30-3)24(29)32-20(23-26-13-14-27(23)2)11-9-17-7-5-4-6-8-17/h4-8,10,12-15,20H,9,11,16H2,1-3H3,(H,25,28). The highest BCUT2D eigenvalue weighted by atomic mass is 16.5. The number of rotatable bonds is 10. The number of carbonyl (C=O) groups is 2. The van der Waals surface area contributed by atoms with Crippen molar-refractivity contribution in [2.75, 3.05) is 20.8 Å². The maximum absolute atomic E-state index is 12.9. The molecule has 1 unspecified atom stereocenters. The molecule has 8 nitrogen and oxygen atoms in total. The van der Waals surface area contributed by atoms with Gasteiger partial charge in [0.15, 0.2) is 24.2 Å². The maximum atomic E-state index is 12.9. The summed E-state index contributed by atoms with van der Waals surface area (Å²) in [6.45, 7) is -0.155. The molecule has 3 aromatic rings. The van der Waals surface area contributed by atoms with E-state index in [0.717, 1.165) is 12.0 Å². The second kappa shape index (κ2) is 11.0. The van der Waals surface area contributed by atoms with Gasteiger partial charge in [-0.25, -0.2) is 9.78 Å². The number of carbonyl (C=O) groups excluding carboxylic acids is 2. The van der Waals surface area contributed by atoms with E-state index in [1.807, 2.05) is 48.1 Å². The SMILES string of the molecule is CNC(=O)COc1ccc(C(=O)OC(CCc2ccccc2)c2nccn2C)cc1OC. The van der Waals surface area contributed by atoms with Gasteiger partial charge < -0.3 is 24.1 Å². The number of esters is 1. The second-order valence-corrected chi connectivity index (χ2v) is 7.14. The average molecular weight is 437 g/mol. The summed E-state index contributed by atoms with van der Waals surface area (Å²) in [4.78, 5) is 28.7. The topological polar surface area (TPSA) is 91.7 Å². The van der Waals surface area contributed by atoms with Gasteiger partial charge in [0.2, 0.25) is 0 Å². The Morgan fingerprint density at radius 1 is 1.12 bits per heavy atom. The van der Waals surface area contributed by atoms with Gasteiger partial charge in [0.1, 0.15) is 5.82 Å². The van der Waals surface area contributed by atoms with E-state index in [1.54, 1.807) is 18.3 Å². The van der Waals surface area contributed by atoms with Crippen LogP contribution in [0.5, 0.6) is 11.5 Å². The lowest BCUT2D eigenvalue weighted by atomic mass is 10.1. The number of ether oxygens (including phenoxy) is 3. The molecular weight excluding hydrogens is 410 g/mol. The van der Waals surface area contributed by atoms with Crippen LogP contribution in [0, 0.1) is 0 Å². The molecule has 2 aromatic carbocycles. The molecule has 1 N–H and O–H groups in total. The summed E-state index contributed by atoms with van der Waals surface area (Å²) in [6, 6.07) is 14.7. The number of hydrogen-bond donors (Lipinski definition) is 1. The molecule has 0 bridgehead atoms. The fourth-order valence-electron chi connectivity index (χ4n) is 3.20. The monoisotopic (exact) mass is 437 g/mol. The highest BCUT2D eigenvalue weighted by molar-refractivity contribution is 5.90. The number of methoxy groups -OCH3 is 1. The van der Waals surface area contributed by atoms with Crippen LogP contribution in [0.1, 0.15) is 34.3 Å². The Hall–Kier alpha value is -3.81. The van der Waals surface area contributed by atoms with Gasteiger partial charge in [-0.1, -0.05) is 30.3 Å². The van der Waals surface area contributed by atoms with Gasteiger partial charge in [0, 0.05) is 26.5 Å². The minimum absolute atomic E-state index is 0.155. The van der Waals surface area contributed by atoms with Crippen molar-refractivity contribution in [1.82, 2.24) is 14.9 Å². The normalized spacial score (nSPS) is 11.5. The van der Waals surface area contributed by atoms with Crippen LogP contribution in [0.3, 0.4) is 0 Å². The minimum Gasteiger partial charge on any atom is -0.493 e. The lowest BCUT2D eigenvalue weighted by molar-refractivity contribution is -0.122. The minimum atomic E-state index is -0.516. The van der Waals surface area contributed by atoms with E-state index in [1.165, 1.54) is 20.2 Å². The average Bonchev–Trinajstić information content (AvgIpc) is 3.26. The molecule has 0 aliphatic carbocycles. The van der Waals surface area contributed by atoms with Gasteiger partial charge in [-0.3, -0.25) is 4.79 Å². The number of imidazole rings is 1. The van der Waals surface area contributed by atoms with Crippen molar-refractivity contribution in [3.63, 3.8) is 0 Å². The molecule has 0 radical (unpaired) electrons. The third-order valence-corrected chi connectivity index (χ3v) is 4.97. The summed E-state index contributed by atoms with van der Waals surface area (Å²) < 4.78 is 18.5. The summed E-state index contributed by atoms with van der Waals surface area (Å²) >= 11 is 0. The quantitative estimate of drug-likeness (QED) is 0.490. The Bertz CT molecular complexity index is 1050. The van der Waals surface area contributed by atoms with Gasteiger partial charge in [-0.2, -0.15) is 0 Å². The van der Waals surface area contributed by atoms with Gasteiger partial charge in [0.25, 0.3) is 5.91 Å². The zero-order valence-electron chi connectivity index (χ0n) is 18.4. The molecule has 0 spiro atoms. The molecule has 0 saturated heterocycles. The van der Waals surface area contributed by atoms with Crippen LogP contribution in [-0.4, -0.2) is 42.2 Å². The summed E-state index contributed by atoms with van der Waals surface area (Å²) in [5.41, 5.74) is 1.47. The van der Waals surface area contributed by atoms with E-state index >= 15 is 0 Å². The molecule has 0 aliphatic rings. The Labute approximate surface area is 187 Å². The maximum Gasteiger partial charge on any atom is 0.338 e. The first-order valence-electron chi connectivity index (χ1n) is 10.3. The van der Waals surface area contributed by atoms with Gasteiger partial charge in [-0.05, 0) is 36.6 Å². The molecule has 3 rings (SSSR count). The Morgan fingerprint density at radius 2 is 1.91 bits per heavy atom. The molecule has 168 valence electrons. The molecule has 1 aromatic heterocycles. The van der Waals surface area contributed by atoms with E-state index in [0.29, 0.717) is 29.3 Å². The number of aryl methyl sites for hydroxylation is 2. The van der Waals surface area contributed by atoms with Crippen LogP contribution in [0.25, 0.3) is 0 Å². The zero-order chi connectivity index (χ0) is 22.9. The van der Waals surface area contributed by atoms with Crippen LogP contribution >= 0.6 is 0 Å². The molecule has 1 atom stereocenters. The molecular formula is C24H27N3O5. The van der Waals surface area contributed by atoms with Gasteiger partial charge in [-0.15, -0.1) is 0 Å². The first-order chi connectivity index (χ1) is 15.5. The second-order valence-electron chi connectivity index (χ2n) is 7.14. The van der Waals surface area contributed by atoms with E-state index in [4.69, 9.17) is 14.2 Å². The molecule has 0 fully saturated rings. The van der Waals surface area contributed by atoms with Gasteiger partial charge in [0.05, 0.1) is 12.7 Å². The van der Waals surface area contributed by atoms with Crippen molar-refractivity contribution >= 4 is 11.9 Å². The van der Waals surface area contributed by atoms with Crippen molar-refractivity contribution in [3.05, 3.63) is 77.9 Å². The van der Waals surface area contributed by atoms with E-state index in [-0.39, 0.29) is 12.5 Å². The summed E-state index contributed by atoms with van der Waals surface area (Å²) in [5, 5.41) is 2.48. The summed E-state index contributed by atoms with van der Waals surface area (Å²) in [7, 11) is 4.86. The van der Waals surface area contributed by atoms with E-state index < -0.39 is 12.1 Å². The molecule has 0 aliphatic heterocycles. The van der Waals surface area contributed by atoms with E-state index in [2.05, 4.69) is 10.3 Å². The predicted molar refractivity (Wildman–Crippen MR) is 119 cm³/mol. The Kier molecular flexibility index (Phi) is 7.85. The zero-order valence-corrected chi connectivity index (χ0v) is 18.4. The summed E-state index contributed by atoms with van der Waals surface area (Å²) in [6.07, 6.45) is 4.31. The number of aromatic nitrogens is 2. The number of hydrogen-bond acceptors (Lipinski definition) is 6. The van der Waals surface area contributed by atoms with Crippen LogP contribution < -0.4 is 14.8 Å². The third kappa shape index (κ3) is 5.87. The van der Waals surface area contributed by atoms with Crippen molar-refractivity contribution in [2.24, 2.45) is 7.05 Å². The number of nitrogens with zero attached hydrogens (tertiary/aromatic N) is 2. The predicted octanol–water partition coefficient (Wildman–Crippen LogP) is 3.08. The first kappa shape index (κ1) is 22.9. The van der Waals surface area contributed by atoms with Crippen molar-refractivity contribution in [2.45, 2.75) is 18.9 Å². The van der Waals surface area contributed by atoms with E-state index in [9.17, 15) is 9.59 Å². The number of nitrogens with one attached hydrogen (secondary N) is 1. The first-order valence-corrected chi connectivity index (χ1v) is 10.3. The van der Waals surface area contributed by atoms with Gasteiger partial charge >= 0.3 is 5.97 Å². The van der Waals surface area contributed by atoms with Crippen LogP contribution in [-0.2, 0) is 23.0 Å². The van der Waals surface area contributed by atoms with Crippen LogP contribution in [0.2, 0.25) is 0 Å². The Balaban J connectivity index is 1.75. The molecule has 1 heterocycles. The number of amides is 1. The highest BCUT2D eigenvalue weighted by Gasteiger charge is 2.23. The third-order valence-electron chi connectivity index (χ3n) is 4.97. The molecule has 0 saturated carbocycles. The highest BCUT2D eigenvalue weighted by Crippen LogP contribution is 2.30. The van der Waals surface area contributed by atoms with Crippen LogP contribution in [0.15, 0.2) is 60.9 Å². The van der Waals surface area contributed by atoms with Crippen molar-refractivity contribution in [1.29, 1.82) is 0 Å². The Morgan fingerprint density at radius 3 is 2.56 bits per heavy atom. The largest absolute Gasteiger partial charge is 0.493 e. The van der Waals surface area contributed by atoms with Crippen LogP contribution in [0.4, 0.5) is 0 Å². The number of benzene rings is 2. The smallest absolute Gasteiger partial charge is 0.338 e. The lowest BCUT2D eigenvalue weighted by Gasteiger charge is -2.18. The fourth-order valence-corrected chi connectivity index (χ4v) is 3.20. The molecule has 1 amide bonds. The van der Waals surface area contributed by atoms with Crippen molar-refractivity contribution < 1.29 is 23.8 Å². The number of likely N-dealkylation sites (N-methyl/N-ethyl adjacent to an activating group) is 1. The fraction of sp³-hybridized carbons (Fsp3) is 0.292. The van der Waals surface area contributed by atoms with Crippen molar-refractivity contribution in [3.8, 4) is 11.5 Å². The summed E-state index contributed by atoms with van der Waals surface area (Å²) in [5.74, 6) is 0.597.